The maximum absolute atomic E-state index is 14.9. The normalized spacial score (nSPS) is 19.2. The number of imide groups is 1. The maximum atomic E-state index is 14.9. The molecule has 121 heavy (non-hydrogen) atoms. The topological polar surface area (TPSA) is 439 Å². The van der Waals surface area contributed by atoms with E-state index in [9.17, 15) is 73.2 Å². The van der Waals surface area contributed by atoms with Gasteiger partial charge < -0.3 is 109 Å². The molecular weight excluding hydrogens is 1660 g/mol. The molecule has 4 aliphatic heterocycles. The Bertz CT molecular complexity index is 4620. The van der Waals surface area contributed by atoms with E-state index in [-0.39, 0.29) is 172 Å². The van der Waals surface area contributed by atoms with Gasteiger partial charge in [-0.3, -0.25) is 38.5 Å². The monoisotopic (exact) mass is 1760 g/mol. The van der Waals surface area contributed by atoms with Crippen LogP contribution < -0.4 is 41.0 Å². The first-order valence-corrected chi connectivity index (χ1v) is 42.8. The van der Waals surface area contributed by atoms with Gasteiger partial charge in [-0.25, -0.2) is 19.2 Å². The number of Topliss-reactive ketones (excluding diaryl/α,β-unsaturated/α-hetero) is 1. The molecule has 4 aliphatic rings. The second-order valence-electron chi connectivity index (χ2n) is 29.5. The van der Waals surface area contributed by atoms with Crippen molar-refractivity contribution in [3.05, 3.63) is 124 Å². The molecular formula is C83H103Cl2N9O25S2. The molecule has 0 spiro atoms. The van der Waals surface area contributed by atoms with Crippen molar-refractivity contribution in [3.63, 3.8) is 0 Å². The van der Waals surface area contributed by atoms with Crippen LogP contribution in [-0.4, -0.2) is 293 Å². The number of likely N-dealkylation sites (tertiary alicyclic amines) is 1. The number of likely N-dealkylation sites (N-methyl/N-ethyl adjacent to an activating group) is 2. The zero-order chi connectivity index (χ0) is 87.0. The summed E-state index contributed by atoms with van der Waals surface area (Å²) >= 11 is 15.6. The van der Waals surface area contributed by atoms with Gasteiger partial charge >= 0.3 is 24.2 Å². The smallest absolute Gasteiger partial charge is 0.415 e. The molecule has 7 unspecified atom stereocenters. The number of carbonyl (C=O) groups is 11. The molecule has 10 amide bonds. The number of urea groups is 1. The average Bonchev–Trinajstić information content (AvgIpc) is 1.62. The molecule has 10 rings (SSSR count). The Labute approximate surface area is 717 Å². The number of thioether (sulfide) groups is 1. The summed E-state index contributed by atoms with van der Waals surface area (Å²) in [4.78, 5) is 153. The van der Waals surface area contributed by atoms with Crippen LogP contribution in [0.4, 0.5) is 31.4 Å². The molecule has 2 saturated heterocycles. The Morgan fingerprint density at radius 2 is 1.17 bits per heavy atom. The first kappa shape index (κ1) is 93.9. The minimum atomic E-state index is -1.96. The molecule has 2 fully saturated rings. The highest BCUT2D eigenvalue weighted by Crippen LogP contribution is 2.49. The number of hydrogen-bond acceptors (Lipinski definition) is 26. The summed E-state index contributed by atoms with van der Waals surface area (Å²) in [6, 6.07) is 25.3. The quantitative estimate of drug-likeness (QED) is 0.0107. The molecule has 0 aliphatic carbocycles. The van der Waals surface area contributed by atoms with Crippen LogP contribution in [0.25, 0.3) is 21.5 Å². The van der Waals surface area contributed by atoms with Crippen molar-refractivity contribution in [1.82, 2.24) is 25.3 Å². The SMILES string of the molecule is CSC1CC(=O)N(CCOCCOCCOCCOCCOCCOCCC(=O)NC(C(=O)CC(CCCNC(N)=O)C(=O)Nc2ccc(COC(=O)N(C)CCN(C)C(=O)Oc3cc4c(c5ccccc35)C(CCl)CN4C(=O)c3ccc(C(=O)N4CC(CCl)c5c4cc(O[C@@H]4OC(C(=O)O)[C@@H](O)C(O)[C@@H]4O)c4ccccc54)s3)cc2)C(C)C)C1=O. The molecule has 6 aromatic rings. The molecule has 0 bridgehead atoms. The molecule has 5 heterocycles. The highest BCUT2D eigenvalue weighted by molar-refractivity contribution is 8.00. The number of nitrogens with two attached hydrogens (primary N) is 1. The van der Waals surface area contributed by atoms with Gasteiger partial charge in [-0.15, -0.1) is 34.5 Å². The van der Waals surface area contributed by atoms with Crippen molar-refractivity contribution in [1.29, 1.82) is 0 Å². The van der Waals surface area contributed by atoms with E-state index in [2.05, 4.69) is 16.0 Å². The number of halogens is 2. The van der Waals surface area contributed by atoms with Crippen LogP contribution in [0, 0.1) is 11.8 Å². The molecule has 656 valence electrons. The van der Waals surface area contributed by atoms with Gasteiger partial charge in [0.2, 0.25) is 29.9 Å². The van der Waals surface area contributed by atoms with E-state index >= 15 is 0 Å². The minimum Gasteiger partial charge on any atom is -0.479 e. The van der Waals surface area contributed by atoms with Crippen LogP contribution in [0.5, 0.6) is 11.5 Å². The van der Waals surface area contributed by atoms with E-state index in [0.717, 1.165) is 16.9 Å². The number of primary amides is 1. The number of nitrogens with one attached hydrogen (secondary N) is 3. The number of benzene rings is 5. The van der Waals surface area contributed by atoms with Gasteiger partial charge in [0.15, 0.2) is 11.9 Å². The van der Waals surface area contributed by atoms with E-state index < -0.39 is 90.5 Å². The summed E-state index contributed by atoms with van der Waals surface area (Å²) in [5.74, 6) is -5.66. The van der Waals surface area contributed by atoms with E-state index in [1.54, 1.807) is 92.7 Å². The highest BCUT2D eigenvalue weighted by atomic mass is 35.5. The summed E-state index contributed by atoms with van der Waals surface area (Å²) in [5, 5.41) is 51.8. The fourth-order valence-corrected chi connectivity index (χ4v) is 16.4. The third-order valence-corrected chi connectivity index (χ3v) is 23.6. The molecule has 5 aromatic carbocycles. The number of fused-ring (bicyclic) bond motifs is 6. The third kappa shape index (κ3) is 24.8. The Hall–Kier alpha value is -9.38. The van der Waals surface area contributed by atoms with Gasteiger partial charge in [0.05, 0.1) is 118 Å². The van der Waals surface area contributed by atoms with Crippen molar-refractivity contribution in [2.24, 2.45) is 17.6 Å². The van der Waals surface area contributed by atoms with Crippen LogP contribution >= 0.6 is 46.3 Å². The van der Waals surface area contributed by atoms with E-state index in [4.69, 9.17) is 76.3 Å². The molecule has 34 nitrogen and oxygen atoms in total. The van der Waals surface area contributed by atoms with Crippen molar-refractivity contribution in [2.75, 3.05) is 166 Å². The molecule has 0 radical (unpaired) electrons. The summed E-state index contributed by atoms with van der Waals surface area (Å²) < 4.78 is 56.5. The number of aliphatic carboxylic acids is 1. The molecule has 9 N–H and O–H groups in total. The minimum absolute atomic E-state index is 0.00249. The van der Waals surface area contributed by atoms with Gasteiger partial charge in [-0.1, -0.05) is 74.5 Å². The standard InChI is InChI=1S/C83H103Cl2N9O25S2/c1-48(2)70(89-66(96)22-27-110-29-31-112-33-35-114-37-38-115-36-34-113-32-30-111-28-26-92-67(97)42-65(120-5)78(92)104)60(95)39-50(11-10-23-87-81(86)107)75(101)88-53-18-16-49(17-19-53)47-116-82(108)90(3)24-25-91(4)83(109)118-62-41-59-69(57-15-9-7-13-55(57)62)52(44-85)46-94(59)77(103)64-21-20-63(121-64)76(102)93-45-51(43-84)68-56-14-8-6-12-54(56)61(40-58(68)93)117-80-73(100)71(98)72(99)74(119-80)79(105)106/h6-9,12-21,40-41,48,50-52,65,70-74,80,98-100H,10-11,22-39,42-47H2,1-5H3,(H,88,101)(H,89,96)(H,105,106)(H3,86,87,107)/t50?,51?,52?,65?,70?,71?,72-,73-,74?,80+/m0/s1. The summed E-state index contributed by atoms with van der Waals surface area (Å²) in [6.07, 6.45) is -8.68. The Morgan fingerprint density at radius 3 is 1.69 bits per heavy atom. The van der Waals surface area contributed by atoms with Crippen LogP contribution in [0.3, 0.4) is 0 Å². The number of hydrogen-bond donors (Lipinski definition) is 8. The van der Waals surface area contributed by atoms with Crippen molar-refractivity contribution < 1.29 is 121 Å². The third-order valence-electron chi connectivity index (χ3n) is 20.8. The average molecular weight is 1760 g/mol. The summed E-state index contributed by atoms with van der Waals surface area (Å²) in [7, 11) is 2.99. The summed E-state index contributed by atoms with van der Waals surface area (Å²) in [5.41, 5.74) is 8.50. The maximum Gasteiger partial charge on any atom is 0.415 e. The first-order valence-electron chi connectivity index (χ1n) is 39.7. The first-order chi connectivity index (χ1) is 58.2. The number of alkyl halides is 2. The number of ketones is 1. The Morgan fingerprint density at radius 1 is 0.661 bits per heavy atom. The lowest BCUT2D eigenvalue weighted by Gasteiger charge is -2.38. The number of nitrogens with zero attached hydrogens (tertiary/aromatic N) is 5. The number of carboxylic acids is 1. The largest absolute Gasteiger partial charge is 0.479 e. The van der Waals surface area contributed by atoms with Gasteiger partial charge in [-0.05, 0) is 76.7 Å². The summed E-state index contributed by atoms with van der Waals surface area (Å²) in [6.45, 7) is 7.57. The van der Waals surface area contributed by atoms with Crippen LogP contribution in [0.1, 0.15) is 93.8 Å². The number of carbonyl (C=O) groups excluding carboxylic acids is 10. The van der Waals surface area contributed by atoms with Gasteiger partial charge in [0, 0.05) is 124 Å². The van der Waals surface area contributed by atoms with Crippen molar-refractivity contribution >= 4 is 150 Å². The lowest BCUT2D eigenvalue weighted by molar-refractivity contribution is -0.270. The van der Waals surface area contributed by atoms with E-state index in [0.29, 0.717) is 109 Å². The number of amides is 10. The molecule has 1 aromatic heterocycles. The van der Waals surface area contributed by atoms with Crippen LogP contribution in [0.15, 0.2) is 97.1 Å². The van der Waals surface area contributed by atoms with Gasteiger partial charge in [-0.2, -0.15) is 11.8 Å². The van der Waals surface area contributed by atoms with E-state index in [1.807, 2.05) is 18.4 Å². The van der Waals surface area contributed by atoms with Crippen molar-refractivity contribution in [3.8, 4) is 11.5 Å². The fourth-order valence-electron chi connectivity index (χ4n) is 14.3. The Kier molecular flexibility index (Phi) is 35.4. The number of aliphatic hydroxyl groups excluding tert-OH is 3. The predicted molar refractivity (Wildman–Crippen MR) is 449 cm³/mol. The second kappa shape index (κ2) is 45.7. The number of rotatable bonds is 46. The number of carboxylic acid groups (broad SMARTS) is 1. The van der Waals surface area contributed by atoms with E-state index in [1.165, 1.54) is 56.4 Å². The second-order valence-corrected chi connectivity index (χ2v) is 32.3. The number of aliphatic hydroxyl groups is 3. The molecule has 38 heteroatoms. The van der Waals surface area contributed by atoms with Crippen LogP contribution in [0.2, 0.25) is 0 Å². The van der Waals surface area contributed by atoms with Gasteiger partial charge in [0.25, 0.3) is 11.8 Å². The number of ether oxygens (including phenoxy) is 10. The number of thiophene rings is 1. The highest BCUT2D eigenvalue weighted by Gasteiger charge is 2.49. The Balaban J connectivity index is 0.647. The van der Waals surface area contributed by atoms with Crippen LogP contribution in [-0.2, 0) is 73.3 Å². The lowest BCUT2D eigenvalue weighted by atomic mass is 9.89. The zero-order valence-corrected chi connectivity index (χ0v) is 70.9. The fraction of sp³-hybridized carbons (Fsp3) is 0.506. The molecule has 0 saturated carbocycles. The van der Waals surface area contributed by atoms with Gasteiger partial charge in [0.1, 0.15) is 36.4 Å². The van der Waals surface area contributed by atoms with Crippen molar-refractivity contribution in [2.45, 2.75) is 106 Å². The molecule has 10 atom stereocenters. The number of anilines is 3. The zero-order valence-electron chi connectivity index (χ0n) is 67.7. The lowest BCUT2D eigenvalue weighted by Crippen LogP contribution is -2.61. The predicted octanol–water partition coefficient (Wildman–Crippen LogP) is 7.07.